The van der Waals surface area contributed by atoms with Crippen LogP contribution in [0.25, 0.3) is 0 Å². The molecular formula is C18H15N5O2S. The Morgan fingerprint density at radius 1 is 1.15 bits per heavy atom. The minimum Gasteiger partial charge on any atom is -0.269 e. The number of fused-ring (bicyclic) bond motifs is 1. The highest BCUT2D eigenvalue weighted by atomic mass is 32.2. The number of pyridine rings is 1. The van der Waals surface area contributed by atoms with E-state index in [9.17, 15) is 9.59 Å². The Morgan fingerprint density at radius 3 is 2.46 bits per heavy atom. The van der Waals surface area contributed by atoms with Crippen molar-refractivity contribution >= 4 is 40.1 Å². The Bertz CT molecular complexity index is 907. The predicted octanol–water partition coefficient (Wildman–Crippen LogP) is 2.45. The van der Waals surface area contributed by atoms with Crippen molar-refractivity contribution in [3.63, 3.8) is 0 Å². The first-order valence-corrected chi connectivity index (χ1v) is 9.04. The van der Waals surface area contributed by atoms with Crippen LogP contribution in [0.5, 0.6) is 0 Å². The quantitative estimate of drug-likeness (QED) is 0.844. The van der Waals surface area contributed by atoms with Crippen molar-refractivity contribution in [1.29, 1.82) is 0 Å². The molecule has 0 radical (unpaired) electrons. The summed E-state index contributed by atoms with van der Waals surface area (Å²) in [6.45, 7) is 1.81. The third-order valence-electron chi connectivity index (χ3n) is 4.22. The maximum absolute atomic E-state index is 12.6. The number of nitrogens with zero attached hydrogens (tertiary/aromatic N) is 4. The fourth-order valence-electron chi connectivity index (χ4n) is 2.84. The van der Waals surface area contributed by atoms with Gasteiger partial charge in [0.1, 0.15) is 0 Å². The summed E-state index contributed by atoms with van der Waals surface area (Å²) in [5.41, 5.74) is 5.23. The summed E-state index contributed by atoms with van der Waals surface area (Å²) in [4.78, 5) is 34.9. The van der Waals surface area contributed by atoms with Gasteiger partial charge in [-0.05, 0) is 31.2 Å². The zero-order valence-corrected chi connectivity index (χ0v) is 14.7. The zero-order valence-electron chi connectivity index (χ0n) is 13.9. The van der Waals surface area contributed by atoms with Crippen molar-refractivity contribution in [2.75, 3.05) is 5.75 Å². The molecule has 0 fully saturated rings. The highest BCUT2D eigenvalue weighted by molar-refractivity contribution is 8.14. The highest BCUT2D eigenvalue weighted by Crippen LogP contribution is 2.26. The number of aliphatic imine (C=N–C) groups is 1. The molecule has 0 spiro atoms. The largest absolute Gasteiger partial charge is 0.269 e. The molecule has 1 unspecified atom stereocenters. The number of amidine groups is 1. The number of hydrazone groups is 1. The number of hydrogen-bond acceptors (Lipinski definition) is 6. The van der Waals surface area contributed by atoms with E-state index >= 15 is 0 Å². The summed E-state index contributed by atoms with van der Waals surface area (Å²) >= 11 is 1.47. The lowest BCUT2D eigenvalue weighted by atomic mass is 10.1. The predicted molar refractivity (Wildman–Crippen MR) is 101 cm³/mol. The Kier molecular flexibility index (Phi) is 4.26. The molecule has 2 aromatic rings. The summed E-state index contributed by atoms with van der Waals surface area (Å²) in [5, 5.41) is 4.98. The fraction of sp³-hybridized carbons (Fsp3) is 0.167. The van der Waals surface area contributed by atoms with Gasteiger partial charge >= 0.3 is 0 Å². The van der Waals surface area contributed by atoms with E-state index in [4.69, 9.17) is 0 Å². The van der Waals surface area contributed by atoms with Crippen molar-refractivity contribution in [1.82, 2.24) is 15.3 Å². The fourth-order valence-corrected chi connectivity index (χ4v) is 3.71. The molecule has 1 aromatic heterocycles. The minimum absolute atomic E-state index is 0.277. The molecule has 0 saturated carbocycles. The molecule has 0 aliphatic carbocycles. The molecular weight excluding hydrogens is 350 g/mol. The van der Waals surface area contributed by atoms with Crippen LogP contribution in [0.15, 0.2) is 58.9 Å². The standard InChI is InChI=1S/C18H15N5O2S/c1-11(23-16(24)13-6-2-3-7-14(13)17(23)25)15-10-26-18(22-21-15)20-12-5-4-8-19-9-12/h2-9,11H,10H2,1H3,(H,20,22). The molecule has 1 N–H and O–H groups in total. The number of nitrogens with one attached hydrogen (secondary N) is 1. The number of benzene rings is 1. The van der Waals surface area contributed by atoms with Crippen LogP contribution in [0, 0.1) is 0 Å². The minimum atomic E-state index is -0.428. The second-order valence-electron chi connectivity index (χ2n) is 5.83. The average molecular weight is 365 g/mol. The molecule has 4 rings (SSSR count). The van der Waals surface area contributed by atoms with E-state index in [1.807, 2.05) is 19.1 Å². The van der Waals surface area contributed by atoms with Crippen LogP contribution >= 0.6 is 11.8 Å². The molecule has 0 bridgehead atoms. The van der Waals surface area contributed by atoms with E-state index < -0.39 is 6.04 Å². The van der Waals surface area contributed by atoms with Gasteiger partial charge in [0.15, 0.2) is 5.17 Å². The van der Waals surface area contributed by atoms with Crippen LogP contribution in [-0.4, -0.2) is 44.4 Å². The molecule has 1 aromatic carbocycles. The van der Waals surface area contributed by atoms with E-state index in [1.54, 1.807) is 36.7 Å². The first-order chi connectivity index (χ1) is 12.6. The highest BCUT2D eigenvalue weighted by Gasteiger charge is 2.40. The number of hydrogen-bond donors (Lipinski definition) is 1. The smallest absolute Gasteiger partial charge is 0.262 e. The molecule has 3 heterocycles. The maximum Gasteiger partial charge on any atom is 0.262 e. The summed E-state index contributed by atoms with van der Waals surface area (Å²) < 4.78 is 0. The van der Waals surface area contributed by atoms with Crippen LogP contribution in [0.3, 0.4) is 0 Å². The number of carbonyl (C=O) groups excluding carboxylic acids is 2. The second kappa shape index (κ2) is 6.72. The van der Waals surface area contributed by atoms with Crippen LogP contribution in [0.4, 0.5) is 5.69 Å². The lowest BCUT2D eigenvalue weighted by Crippen LogP contribution is -2.45. The number of aromatic nitrogens is 1. The molecule has 8 heteroatoms. The lowest BCUT2D eigenvalue weighted by Gasteiger charge is -2.26. The average Bonchev–Trinajstić information content (AvgIpc) is 2.94. The van der Waals surface area contributed by atoms with E-state index in [1.165, 1.54) is 16.7 Å². The first kappa shape index (κ1) is 16.5. The zero-order chi connectivity index (χ0) is 18.1. The van der Waals surface area contributed by atoms with Crippen LogP contribution < -0.4 is 5.43 Å². The van der Waals surface area contributed by atoms with Crippen molar-refractivity contribution < 1.29 is 9.59 Å². The number of amides is 2. The van der Waals surface area contributed by atoms with Crippen molar-refractivity contribution in [3.05, 3.63) is 59.9 Å². The Morgan fingerprint density at radius 2 is 1.88 bits per heavy atom. The monoisotopic (exact) mass is 365 g/mol. The Hall–Kier alpha value is -3.00. The lowest BCUT2D eigenvalue weighted by molar-refractivity contribution is 0.0634. The van der Waals surface area contributed by atoms with E-state index in [-0.39, 0.29) is 11.8 Å². The number of rotatable bonds is 3. The summed E-state index contributed by atoms with van der Waals surface area (Å²) in [5.74, 6) is -0.0121. The van der Waals surface area contributed by atoms with Gasteiger partial charge in [-0.1, -0.05) is 23.9 Å². The van der Waals surface area contributed by atoms with Crippen LogP contribution in [0.2, 0.25) is 0 Å². The van der Waals surface area contributed by atoms with Crippen molar-refractivity contribution in [3.8, 4) is 0 Å². The molecule has 2 aliphatic rings. The third kappa shape index (κ3) is 2.88. The topological polar surface area (TPSA) is 87.0 Å². The van der Waals surface area contributed by atoms with Gasteiger partial charge in [-0.3, -0.25) is 24.9 Å². The normalized spacial score (nSPS) is 19.2. The Labute approximate surface area is 154 Å². The number of imide groups is 1. The van der Waals surface area contributed by atoms with Gasteiger partial charge in [0.05, 0.1) is 34.8 Å². The maximum atomic E-state index is 12.6. The SMILES string of the molecule is CC(C1=NNC(=Nc2cccnc2)SC1)N1C(=O)c2ccccc2C1=O. The third-order valence-corrected chi connectivity index (χ3v) is 5.12. The molecule has 0 saturated heterocycles. The molecule has 2 amide bonds. The molecule has 7 nitrogen and oxygen atoms in total. The van der Waals surface area contributed by atoms with Crippen molar-refractivity contribution in [2.45, 2.75) is 13.0 Å². The summed E-state index contributed by atoms with van der Waals surface area (Å²) in [7, 11) is 0. The molecule has 2 aliphatic heterocycles. The molecule has 26 heavy (non-hydrogen) atoms. The van der Waals surface area contributed by atoms with Gasteiger partial charge in [0, 0.05) is 11.9 Å². The van der Waals surface area contributed by atoms with Gasteiger partial charge < -0.3 is 0 Å². The summed E-state index contributed by atoms with van der Waals surface area (Å²) in [6.07, 6.45) is 3.35. The molecule has 1 atom stereocenters. The van der Waals surface area contributed by atoms with Gasteiger partial charge in [-0.2, -0.15) is 5.10 Å². The second-order valence-corrected chi connectivity index (χ2v) is 6.80. The van der Waals surface area contributed by atoms with Crippen LogP contribution in [0.1, 0.15) is 27.6 Å². The van der Waals surface area contributed by atoms with Crippen molar-refractivity contribution in [2.24, 2.45) is 10.1 Å². The van der Waals surface area contributed by atoms with E-state index in [0.29, 0.717) is 22.0 Å². The van der Waals surface area contributed by atoms with Crippen LogP contribution in [-0.2, 0) is 0 Å². The first-order valence-electron chi connectivity index (χ1n) is 8.06. The van der Waals surface area contributed by atoms with E-state index in [2.05, 4.69) is 20.5 Å². The van der Waals surface area contributed by atoms with Gasteiger partial charge in [-0.25, -0.2) is 4.99 Å². The van der Waals surface area contributed by atoms with Gasteiger partial charge in [-0.15, -0.1) is 0 Å². The number of thioether (sulfide) groups is 1. The van der Waals surface area contributed by atoms with E-state index in [0.717, 1.165) is 11.4 Å². The van der Waals surface area contributed by atoms with Gasteiger partial charge in [0.25, 0.3) is 11.8 Å². The molecule has 130 valence electrons. The number of carbonyl (C=O) groups is 2. The van der Waals surface area contributed by atoms with Gasteiger partial charge in [0.2, 0.25) is 0 Å². The summed E-state index contributed by atoms with van der Waals surface area (Å²) in [6, 6.07) is 10.1. The Balaban J connectivity index is 1.52.